The summed E-state index contributed by atoms with van der Waals surface area (Å²) in [5.41, 5.74) is 6.86. The van der Waals surface area contributed by atoms with Crippen LogP contribution in [0.3, 0.4) is 0 Å². The molecule has 0 aliphatic rings. The van der Waals surface area contributed by atoms with Crippen LogP contribution in [0, 0.1) is 0 Å². The van der Waals surface area contributed by atoms with E-state index in [1.54, 1.807) is 11.7 Å². The molecule has 1 heterocycles. The molecule has 0 fully saturated rings. The molecular weight excluding hydrogens is 307 g/mol. The van der Waals surface area contributed by atoms with Crippen molar-refractivity contribution in [3.8, 4) is 5.75 Å². The van der Waals surface area contributed by atoms with Crippen molar-refractivity contribution in [3.63, 3.8) is 0 Å². The van der Waals surface area contributed by atoms with Gasteiger partial charge in [-0.1, -0.05) is 12.1 Å². The van der Waals surface area contributed by atoms with Crippen LogP contribution >= 0.6 is 0 Å². The molecule has 0 aliphatic carbocycles. The first-order valence-corrected chi connectivity index (χ1v) is 6.84. The fraction of sp³-hybridized carbons (Fsp3) is 0.188. The maximum atomic E-state index is 12.8. The maximum absolute atomic E-state index is 12.8. The highest BCUT2D eigenvalue weighted by Crippen LogP contribution is 2.32. The summed E-state index contributed by atoms with van der Waals surface area (Å²) in [5.74, 6) is 0.905. The van der Waals surface area contributed by atoms with Crippen LogP contribution in [-0.2, 0) is 12.7 Å². The average Bonchev–Trinajstić information content (AvgIpc) is 2.82. The SMILES string of the molecule is COc1ccc(Cn2c(N)nc3cc(C(F)(F)F)ccc32)cc1. The summed E-state index contributed by atoms with van der Waals surface area (Å²) in [7, 11) is 1.58. The van der Waals surface area contributed by atoms with Gasteiger partial charge in [-0.05, 0) is 35.9 Å². The van der Waals surface area contributed by atoms with E-state index in [9.17, 15) is 13.2 Å². The second-order valence-corrected chi connectivity index (χ2v) is 5.11. The first kappa shape index (κ1) is 15.2. The lowest BCUT2D eigenvalue weighted by molar-refractivity contribution is -0.137. The summed E-state index contributed by atoms with van der Waals surface area (Å²) < 4.78 is 45.1. The van der Waals surface area contributed by atoms with Gasteiger partial charge in [-0.15, -0.1) is 0 Å². The van der Waals surface area contributed by atoms with Gasteiger partial charge in [-0.2, -0.15) is 13.2 Å². The van der Waals surface area contributed by atoms with Crippen LogP contribution in [-0.4, -0.2) is 16.7 Å². The third-order valence-electron chi connectivity index (χ3n) is 3.60. The molecule has 0 unspecified atom stereocenters. The number of benzene rings is 2. The number of rotatable bonds is 3. The van der Waals surface area contributed by atoms with Crippen LogP contribution in [0.5, 0.6) is 5.75 Å². The number of ether oxygens (including phenoxy) is 1. The molecule has 3 aromatic rings. The highest BCUT2D eigenvalue weighted by Gasteiger charge is 2.31. The largest absolute Gasteiger partial charge is 0.497 e. The van der Waals surface area contributed by atoms with E-state index in [4.69, 9.17) is 10.5 Å². The zero-order chi connectivity index (χ0) is 16.6. The number of nitrogen functional groups attached to an aromatic ring is 1. The van der Waals surface area contributed by atoms with Gasteiger partial charge < -0.3 is 15.0 Å². The lowest BCUT2D eigenvalue weighted by Gasteiger charge is -2.09. The summed E-state index contributed by atoms with van der Waals surface area (Å²) in [6, 6.07) is 10.8. The molecule has 0 atom stereocenters. The minimum atomic E-state index is -4.40. The topological polar surface area (TPSA) is 53.1 Å². The minimum Gasteiger partial charge on any atom is -0.497 e. The Hall–Kier alpha value is -2.70. The van der Waals surface area contributed by atoms with Crippen molar-refractivity contribution in [1.82, 2.24) is 9.55 Å². The summed E-state index contributed by atoms with van der Waals surface area (Å²) in [6.07, 6.45) is -4.40. The van der Waals surface area contributed by atoms with E-state index in [1.165, 1.54) is 6.07 Å². The lowest BCUT2D eigenvalue weighted by atomic mass is 10.2. The summed E-state index contributed by atoms with van der Waals surface area (Å²) in [5, 5.41) is 0. The molecule has 4 nitrogen and oxygen atoms in total. The fourth-order valence-electron chi connectivity index (χ4n) is 2.40. The Labute approximate surface area is 130 Å². The first-order chi connectivity index (χ1) is 10.9. The van der Waals surface area contributed by atoms with Gasteiger partial charge in [-0.3, -0.25) is 0 Å². The molecule has 120 valence electrons. The smallest absolute Gasteiger partial charge is 0.416 e. The van der Waals surface area contributed by atoms with Crippen molar-refractivity contribution in [2.45, 2.75) is 12.7 Å². The molecule has 0 amide bonds. The van der Waals surface area contributed by atoms with E-state index < -0.39 is 11.7 Å². The molecule has 0 bridgehead atoms. The zero-order valence-electron chi connectivity index (χ0n) is 12.3. The monoisotopic (exact) mass is 321 g/mol. The van der Waals surface area contributed by atoms with Crippen molar-refractivity contribution >= 4 is 17.0 Å². The van der Waals surface area contributed by atoms with Gasteiger partial charge in [0.1, 0.15) is 5.75 Å². The second kappa shape index (κ2) is 5.49. The Bertz CT molecular complexity index is 838. The van der Waals surface area contributed by atoms with E-state index >= 15 is 0 Å². The predicted octanol–water partition coefficient (Wildman–Crippen LogP) is 3.69. The Morgan fingerprint density at radius 2 is 1.83 bits per heavy atom. The standard InChI is InChI=1S/C16H14F3N3O/c1-23-12-5-2-10(3-6-12)9-22-14-7-4-11(16(17,18)19)8-13(14)21-15(22)20/h2-8H,9H2,1H3,(H2,20,21). The summed E-state index contributed by atoms with van der Waals surface area (Å²) >= 11 is 0. The van der Waals surface area contributed by atoms with Crippen LogP contribution in [0.4, 0.5) is 19.1 Å². The minimum absolute atomic E-state index is 0.176. The lowest BCUT2D eigenvalue weighted by Crippen LogP contribution is -2.05. The highest BCUT2D eigenvalue weighted by atomic mass is 19.4. The zero-order valence-corrected chi connectivity index (χ0v) is 12.3. The normalized spacial score (nSPS) is 11.8. The molecule has 1 aromatic heterocycles. The van der Waals surface area contributed by atoms with Crippen LogP contribution in [0.25, 0.3) is 11.0 Å². The van der Waals surface area contributed by atoms with E-state index in [-0.39, 0.29) is 11.5 Å². The molecule has 0 aliphatic heterocycles. The maximum Gasteiger partial charge on any atom is 0.416 e. The number of anilines is 1. The third kappa shape index (κ3) is 2.94. The summed E-state index contributed by atoms with van der Waals surface area (Å²) in [4.78, 5) is 4.03. The summed E-state index contributed by atoms with van der Waals surface area (Å²) in [6.45, 7) is 0.414. The van der Waals surface area contributed by atoms with E-state index in [1.807, 2.05) is 24.3 Å². The number of nitrogens with two attached hydrogens (primary N) is 1. The predicted molar refractivity (Wildman–Crippen MR) is 81.2 cm³/mol. The average molecular weight is 321 g/mol. The van der Waals surface area contributed by atoms with E-state index in [0.29, 0.717) is 12.1 Å². The Kier molecular flexibility index (Phi) is 3.63. The second-order valence-electron chi connectivity index (χ2n) is 5.11. The number of hydrogen-bond donors (Lipinski definition) is 1. The van der Waals surface area contributed by atoms with Gasteiger partial charge in [0.25, 0.3) is 0 Å². The van der Waals surface area contributed by atoms with E-state index in [2.05, 4.69) is 4.98 Å². The Morgan fingerprint density at radius 1 is 1.13 bits per heavy atom. The number of alkyl halides is 3. The van der Waals surface area contributed by atoms with Crippen molar-refractivity contribution in [2.24, 2.45) is 0 Å². The van der Waals surface area contributed by atoms with Gasteiger partial charge in [0.2, 0.25) is 5.95 Å². The Balaban J connectivity index is 1.98. The molecule has 0 saturated heterocycles. The molecule has 23 heavy (non-hydrogen) atoms. The van der Waals surface area contributed by atoms with E-state index in [0.717, 1.165) is 23.4 Å². The van der Waals surface area contributed by atoms with Gasteiger partial charge in [0, 0.05) is 0 Å². The number of imidazole rings is 1. The van der Waals surface area contributed by atoms with Crippen LogP contribution in [0.15, 0.2) is 42.5 Å². The third-order valence-corrected chi connectivity index (χ3v) is 3.60. The van der Waals surface area contributed by atoms with Crippen molar-refractivity contribution in [3.05, 3.63) is 53.6 Å². The fourth-order valence-corrected chi connectivity index (χ4v) is 2.40. The molecular formula is C16H14F3N3O. The number of hydrogen-bond acceptors (Lipinski definition) is 3. The van der Waals surface area contributed by atoms with Gasteiger partial charge in [-0.25, -0.2) is 4.98 Å². The molecule has 2 aromatic carbocycles. The number of methoxy groups -OCH3 is 1. The van der Waals surface area contributed by atoms with Crippen LogP contribution < -0.4 is 10.5 Å². The molecule has 2 N–H and O–H groups in total. The number of fused-ring (bicyclic) bond motifs is 1. The van der Waals surface area contributed by atoms with Gasteiger partial charge in [0.05, 0.1) is 30.3 Å². The Morgan fingerprint density at radius 3 is 2.43 bits per heavy atom. The van der Waals surface area contributed by atoms with Crippen LogP contribution in [0.1, 0.15) is 11.1 Å². The number of halogens is 3. The first-order valence-electron chi connectivity index (χ1n) is 6.84. The molecule has 3 rings (SSSR count). The number of nitrogens with zero attached hydrogens (tertiary/aromatic N) is 2. The number of aromatic nitrogens is 2. The van der Waals surface area contributed by atoms with Crippen LogP contribution in [0.2, 0.25) is 0 Å². The molecule has 0 saturated carbocycles. The quantitative estimate of drug-likeness (QED) is 0.800. The van der Waals surface area contributed by atoms with Gasteiger partial charge in [0.15, 0.2) is 0 Å². The highest BCUT2D eigenvalue weighted by molar-refractivity contribution is 5.79. The van der Waals surface area contributed by atoms with Gasteiger partial charge >= 0.3 is 6.18 Å². The molecule has 0 radical (unpaired) electrons. The molecule has 0 spiro atoms. The van der Waals surface area contributed by atoms with Crippen molar-refractivity contribution in [1.29, 1.82) is 0 Å². The molecule has 7 heteroatoms. The van der Waals surface area contributed by atoms with Crippen molar-refractivity contribution < 1.29 is 17.9 Å². The van der Waals surface area contributed by atoms with Crippen molar-refractivity contribution in [2.75, 3.05) is 12.8 Å².